The molecule has 108 valence electrons. The van der Waals surface area contributed by atoms with E-state index in [1.807, 2.05) is 13.8 Å². The van der Waals surface area contributed by atoms with Crippen LogP contribution in [0.15, 0.2) is 22.7 Å². The first-order valence-electron chi connectivity index (χ1n) is 6.42. The highest BCUT2D eigenvalue weighted by atomic mass is 79.9. The summed E-state index contributed by atoms with van der Waals surface area (Å²) in [6.45, 7) is 5.51. The third-order valence-corrected chi connectivity index (χ3v) is 4.71. The molecule has 6 heteroatoms. The third kappa shape index (κ3) is 2.56. The molecule has 4 nitrogen and oxygen atoms in total. The summed E-state index contributed by atoms with van der Waals surface area (Å²) in [4.78, 5) is 26.3. The van der Waals surface area contributed by atoms with E-state index in [1.54, 1.807) is 30.0 Å². The molecule has 2 atom stereocenters. The van der Waals surface area contributed by atoms with Gasteiger partial charge in [0.25, 0.3) is 0 Å². The molecule has 0 bridgehead atoms. The zero-order valence-electron chi connectivity index (χ0n) is 11.5. The van der Waals surface area contributed by atoms with Gasteiger partial charge in [0.1, 0.15) is 12.1 Å². The van der Waals surface area contributed by atoms with Crippen molar-refractivity contribution < 1.29 is 9.59 Å². The van der Waals surface area contributed by atoms with Crippen molar-refractivity contribution in [3.63, 3.8) is 0 Å². The molecule has 0 aromatic heterocycles. The topological polar surface area (TPSA) is 49.4 Å². The lowest BCUT2D eigenvalue weighted by atomic mass is 9.96. The van der Waals surface area contributed by atoms with Crippen LogP contribution in [-0.4, -0.2) is 23.9 Å². The minimum atomic E-state index is -0.539. The van der Waals surface area contributed by atoms with E-state index in [1.165, 1.54) is 0 Å². The number of benzene rings is 1. The molecule has 1 saturated heterocycles. The Kier molecular flexibility index (Phi) is 4.39. The Morgan fingerprint density at radius 2 is 2.00 bits per heavy atom. The number of carbonyl (C=O) groups is 2. The van der Waals surface area contributed by atoms with E-state index in [-0.39, 0.29) is 17.7 Å². The summed E-state index contributed by atoms with van der Waals surface area (Å²) in [6, 6.07) is 4.22. The highest BCUT2D eigenvalue weighted by Gasteiger charge is 2.41. The normalized spacial score (nSPS) is 23.2. The maximum Gasteiger partial charge on any atom is 0.250 e. The van der Waals surface area contributed by atoms with Crippen molar-refractivity contribution in [3.8, 4) is 0 Å². The highest BCUT2D eigenvalue weighted by Crippen LogP contribution is 2.36. The molecule has 0 spiro atoms. The smallest absolute Gasteiger partial charge is 0.250 e. The number of nitrogens with zero attached hydrogens (tertiary/aromatic N) is 1. The van der Waals surface area contributed by atoms with Crippen molar-refractivity contribution in [2.75, 3.05) is 4.90 Å². The van der Waals surface area contributed by atoms with Crippen LogP contribution in [0.4, 0.5) is 5.69 Å². The Labute approximate surface area is 131 Å². The lowest BCUT2D eigenvalue weighted by Gasteiger charge is -2.40. The van der Waals surface area contributed by atoms with E-state index < -0.39 is 12.1 Å². The molecule has 2 rings (SSSR count). The van der Waals surface area contributed by atoms with Gasteiger partial charge in [0, 0.05) is 0 Å². The van der Waals surface area contributed by atoms with Gasteiger partial charge in [-0.05, 0) is 40.9 Å². The Bertz CT molecular complexity index is 562. The molecule has 1 aliphatic heterocycles. The number of nitrogens with one attached hydrogen (secondary N) is 1. The first kappa shape index (κ1) is 15.3. The zero-order chi connectivity index (χ0) is 15.0. The monoisotopic (exact) mass is 358 g/mol. The van der Waals surface area contributed by atoms with Gasteiger partial charge in [-0.1, -0.05) is 31.5 Å². The molecule has 1 fully saturated rings. The molecule has 1 aromatic carbocycles. The van der Waals surface area contributed by atoms with Gasteiger partial charge in [0.05, 0.1) is 15.2 Å². The summed E-state index contributed by atoms with van der Waals surface area (Å²) < 4.78 is 0.627. The van der Waals surface area contributed by atoms with Crippen LogP contribution in [0.2, 0.25) is 5.02 Å². The van der Waals surface area contributed by atoms with Gasteiger partial charge >= 0.3 is 0 Å². The second-order valence-electron chi connectivity index (χ2n) is 5.20. The fourth-order valence-corrected chi connectivity index (χ4v) is 3.00. The number of halogens is 2. The van der Waals surface area contributed by atoms with Gasteiger partial charge < -0.3 is 5.32 Å². The molecule has 0 radical (unpaired) electrons. The molecule has 20 heavy (non-hydrogen) atoms. The van der Waals surface area contributed by atoms with E-state index in [4.69, 9.17) is 11.6 Å². The molecular weight excluding hydrogens is 344 g/mol. The van der Waals surface area contributed by atoms with Crippen LogP contribution in [0.1, 0.15) is 20.8 Å². The van der Waals surface area contributed by atoms with Gasteiger partial charge in [-0.3, -0.25) is 14.5 Å². The fourth-order valence-electron chi connectivity index (χ4n) is 2.37. The first-order valence-corrected chi connectivity index (χ1v) is 7.59. The van der Waals surface area contributed by atoms with Crippen molar-refractivity contribution in [1.29, 1.82) is 0 Å². The minimum absolute atomic E-state index is 0.00247. The number of amides is 2. The Balaban J connectivity index is 2.55. The second kappa shape index (κ2) is 5.74. The standard InChI is InChI=1S/C14H16BrClN2O2/c1-7(2)12-13(19)17-8(3)14(20)18(12)10-6-4-5-9(16)11(10)15/h4-8,12H,1-3H3,(H,17,19). The van der Waals surface area contributed by atoms with Gasteiger partial charge in [-0.25, -0.2) is 0 Å². The van der Waals surface area contributed by atoms with Gasteiger partial charge in [0.2, 0.25) is 11.8 Å². The van der Waals surface area contributed by atoms with Crippen LogP contribution in [0.3, 0.4) is 0 Å². The molecule has 1 heterocycles. The van der Waals surface area contributed by atoms with Crippen LogP contribution in [-0.2, 0) is 9.59 Å². The summed E-state index contributed by atoms with van der Waals surface area (Å²) in [5.74, 6) is -0.275. The predicted octanol–water partition coefficient (Wildman–Crippen LogP) is 2.98. The summed E-state index contributed by atoms with van der Waals surface area (Å²) in [5.41, 5.74) is 0.628. The average molecular weight is 360 g/mol. The molecular formula is C14H16BrClN2O2. The Hall–Kier alpha value is -1.07. The Morgan fingerprint density at radius 3 is 2.60 bits per heavy atom. The number of hydrogen-bond donors (Lipinski definition) is 1. The molecule has 2 amide bonds. The van der Waals surface area contributed by atoms with Crippen LogP contribution < -0.4 is 10.2 Å². The number of anilines is 1. The molecule has 1 aromatic rings. The molecule has 0 saturated carbocycles. The van der Waals surface area contributed by atoms with E-state index >= 15 is 0 Å². The SMILES string of the molecule is CC1NC(=O)C(C(C)C)N(c2cccc(Cl)c2Br)C1=O. The molecule has 1 N–H and O–H groups in total. The van der Waals surface area contributed by atoms with Crippen LogP contribution in [0, 0.1) is 5.92 Å². The number of carbonyl (C=O) groups excluding carboxylic acids is 2. The molecule has 0 aliphatic carbocycles. The van der Waals surface area contributed by atoms with Crippen molar-refractivity contribution >= 4 is 45.0 Å². The largest absolute Gasteiger partial charge is 0.343 e. The predicted molar refractivity (Wildman–Crippen MR) is 82.9 cm³/mol. The Morgan fingerprint density at radius 1 is 1.35 bits per heavy atom. The van der Waals surface area contributed by atoms with Crippen molar-refractivity contribution in [1.82, 2.24) is 5.32 Å². The summed E-state index contributed by atoms with van der Waals surface area (Å²) in [5, 5.41) is 3.23. The van der Waals surface area contributed by atoms with E-state index in [0.29, 0.717) is 15.2 Å². The molecule has 2 unspecified atom stereocenters. The van der Waals surface area contributed by atoms with Crippen LogP contribution in [0.25, 0.3) is 0 Å². The van der Waals surface area contributed by atoms with E-state index in [9.17, 15) is 9.59 Å². The van der Waals surface area contributed by atoms with Crippen molar-refractivity contribution in [2.45, 2.75) is 32.9 Å². The number of hydrogen-bond acceptors (Lipinski definition) is 2. The van der Waals surface area contributed by atoms with Crippen molar-refractivity contribution in [2.24, 2.45) is 5.92 Å². The number of piperazine rings is 1. The number of rotatable bonds is 2. The lowest BCUT2D eigenvalue weighted by Crippen LogP contribution is -2.64. The van der Waals surface area contributed by atoms with Crippen molar-refractivity contribution in [3.05, 3.63) is 27.7 Å². The highest BCUT2D eigenvalue weighted by molar-refractivity contribution is 9.10. The van der Waals surface area contributed by atoms with Crippen LogP contribution in [0.5, 0.6) is 0 Å². The maximum atomic E-state index is 12.5. The first-order chi connectivity index (χ1) is 9.34. The average Bonchev–Trinajstić information content (AvgIpc) is 2.36. The fraction of sp³-hybridized carbons (Fsp3) is 0.429. The summed E-state index contributed by atoms with van der Waals surface area (Å²) >= 11 is 9.50. The zero-order valence-corrected chi connectivity index (χ0v) is 13.8. The van der Waals surface area contributed by atoms with Gasteiger partial charge in [0.15, 0.2) is 0 Å². The second-order valence-corrected chi connectivity index (χ2v) is 6.40. The minimum Gasteiger partial charge on any atom is -0.343 e. The summed E-state index contributed by atoms with van der Waals surface area (Å²) in [6.07, 6.45) is 0. The summed E-state index contributed by atoms with van der Waals surface area (Å²) in [7, 11) is 0. The lowest BCUT2D eigenvalue weighted by molar-refractivity contribution is -0.134. The van der Waals surface area contributed by atoms with Gasteiger partial charge in [-0.2, -0.15) is 0 Å². The maximum absolute atomic E-state index is 12.5. The quantitative estimate of drug-likeness (QED) is 0.882. The van der Waals surface area contributed by atoms with E-state index in [0.717, 1.165) is 0 Å². The molecule has 1 aliphatic rings. The third-order valence-electron chi connectivity index (χ3n) is 3.34. The van der Waals surface area contributed by atoms with Crippen LogP contribution >= 0.6 is 27.5 Å². The van der Waals surface area contributed by atoms with Gasteiger partial charge in [-0.15, -0.1) is 0 Å². The van der Waals surface area contributed by atoms with E-state index in [2.05, 4.69) is 21.2 Å².